The number of rotatable bonds is 1. The Morgan fingerprint density at radius 1 is 1.13 bits per heavy atom. The van der Waals surface area contributed by atoms with E-state index in [1.54, 1.807) is 18.2 Å². The molecule has 2 nitrogen and oxygen atoms in total. The Morgan fingerprint density at radius 3 is 2.47 bits per heavy atom. The summed E-state index contributed by atoms with van der Waals surface area (Å²) in [6.45, 7) is 1.99. The summed E-state index contributed by atoms with van der Waals surface area (Å²) in [7, 11) is 0. The van der Waals surface area contributed by atoms with Crippen molar-refractivity contribution in [1.82, 2.24) is 0 Å². The Kier molecular flexibility index (Phi) is 2.42. The SMILES string of the molecule is CC1=C(c2ccc(O)cc2)CC(=O)C=C1. The molecule has 0 heterocycles. The van der Waals surface area contributed by atoms with Crippen molar-refractivity contribution in [1.29, 1.82) is 0 Å². The first-order valence-corrected chi connectivity index (χ1v) is 4.87. The Labute approximate surface area is 88.6 Å². The highest BCUT2D eigenvalue weighted by Crippen LogP contribution is 2.27. The number of aromatic hydroxyl groups is 1. The maximum Gasteiger partial charge on any atom is 0.160 e. The molecule has 1 aromatic rings. The zero-order valence-corrected chi connectivity index (χ0v) is 8.53. The topological polar surface area (TPSA) is 37.3 Å². The van der Waals surface area contributed by atoms with Crippen molar-refractivity contribution in [2.45, 2.75) is 13.3 Å². The van der Waals surface area contributed by atoms with Gasteiger partial charge in [-0.1, -0.05) is 18.2 Å². The van der Waals surface area contributed by atoms with Gasteiger partial charge in [-0.3, -0.25) is 4.79 Å². The molecule has 1 N–H and O–H groups in total. The van der Waals surface area contributed by atoms with Gasteiger partial charge in [0, 0.05) is 6.42 Å². The maximum atomic E-state index is 11.3. The molecule has 0 aliphatic heterocycles. The van der Waals surface area contributed by atoms with Crippen molar-refractivity contribution >= 4 is 11.4 Å². The minimum atomic E-state index is 0.128. The molecule has 0 radical (unpaired) electrons. The van der Waals surface area contributed by atoms with Crippen molar-refractivity contribution in [3.05, 3.63) is 47.6 Å². The molecular weight excluding hydrogens is 188 g/mol. The van der Waals surface area contributed by atoms with Crippen LogP contribution in [0.2, 0.25) is 0 Å². The predicted molar refractivity (Wildman–Crippen MR) is 59.5 cm³/mol. The highest BCUT2D eigenvalue weighted by atomic mass is 16.3. The van der Waals surface area contributed by atoms with Crippen LogP contribution in [0.25, 0.3) is 5.57 Å². The summed E-state index contributed by atoms with van der Waals surface area (Å²) in [4.78, 5) is 11.3. The van der Waals surface area contributed by atoms with E-state index in [0.717, 1.165) is 16.7 Å². The first-order chi connectivity index (χ1) is 7.16. The molecule has 0 fully saturated rings. The first-order valence-electron chi connectivity index (χ1n) is 4.87. The standard InChI is InChI=1S/C13H12O2/c1-9-2-5-12(15)8-13(9)10-3-6-11(14)7-4-10/h2-7,14H,8H2,1H3. The van der Waals surface area contributed by atoms with Crippen LogP contribution >= 0.6 is 0 Å². The molecule has 1 aliphatic carbocycles. The average Bonchev–Trinajstić information content (AvgIpc) is 2.23. The van der Waals surface area contributed by atoms with E-state index in [-0.39, 0.29) is 11.5 Å². The lowest BCUT2D eigenvalue weighted by atomic mass is 9.92. The van der Waals surface area contributed by atoms with Crippen LogP contribution in [0.4, 0.5) is 0 Å². The Morgan fingerprint density at radius 2 is 1.80 bits per heavy atom. The monoisotopic (exact) mass is 200 g/mol. The second-order valence-electron chi connectivity index (χ2n) is 3.68. The molecule has 76 valence electrons. The van der Waals surface area contributed by atoms with Gasteiger partial charge in [0.1, 0.15) is 5.75 Å². The largest absolute Gasteiger partial charge is 0.508 e. The number of benzene rings is 1. The number of phenols is 1. The number of ketones is 1. The number of hydrogen-bond acceptors (Lipinski definition) is 2. The van der Waals surface area contributed by atoms with Gasteiger partial charge in [0.05, 0.1) is 0 Å². The van der Waals surface area contributed by atoms with Crippen LogP contribution in [-0.2, 0) is 4.79 Å². The summed E-state index contributed by atoms with van der Waals surface area (Å²) in [6.07, 6.45) is 3.90. The van der Waals surface area contributed by atoms with Crippen LogP contribution in [0, 0.1) is 0 Å². The van der Waals surface area contributed by atoms with Crippen LogP contribution < -0.4 is 0 Å². The number of phenolic OH excluding ortho intramolecular Hbond substituents is 1. The minimum Gasteiger partial charge on any atom is -0.508 e. The van der Waals surface area contributed by atoms with Gasteiger partial charge in [0.25, 0.3) is 0 Å². The third kappa shape index (κ3) is 1.99. The van der Waals surface area contributed by atoms with Gasteiger partial charge in [-0.15, -0.1) is 0 Å². The fraction of sp³-hybridized carbons (Fsp3) is 0.154. The lowest BCUT2D eigenvalue weighted by molar-refractivity contribution is -0.113. The van der Waals surface area contributed by atoms with Gasteiger partial charge in [0.2, 0.25) is 0 Å². The minimum absolute atomic E-state index is 0.128. The lowest BCUT2D eigenvalue weighted by Gasteiger charge is -2.12. The smallest absolute Gasteiger partial charge is 0.160 e. The second-order valence-corrected chi connectivity index (χ2v) is 3.68. The van der Waals surface area contributed by atoms with E-state index in [1.165, 1.54) is 0 Å². The van der Waals surface area contributed by atoms with Crippen LogP contribution in [0.15, 0.2) is 42.0 Å². The number of carbonyl (C=O) groups excluding carboxylic acids is 1. The molecule has 0 saturated carbocycles. The van der Waals surface area contributed by atoms with E-state index in [4.69, 9.17) is 0 Å². The van der Waals surface area contributed by atoms with Crippen molar-refractivity contribution in [2.24, 2.45) is 0 Å². The van der Waals surface area contributed by atoms with Gasteiger partial charge in [-0.05, 0) is 41.8 Å². The van der Waals surface area contributed by atoms with Crippen molar-refractivity contribution in [3.63, 3.8) is 0 Å². The average molecular weight is 200 g/mol. The maximum absolute atomic E-state index is 11.3. The van der Waals surface area contributed by atoms with Crippen LogP contribution in [0.1, 0.15) is 18.9 Å². The summed E-state index contributed by atoms with van der Waals surface area (Å²) in [5.41, 5.74) is 3.16. The molecule has 2 heteroatoms. The Hall–Kier alpha value is -1.83. The molecule has 1 aromatic carbocycles. The first kappa shape index (κ1) is 9.71. The highest BCUT2D eigenvalue weighted by molar-refractivity contribution is 6.01. The third-order valence-corrected chi connectivity index (χ3v) is 2.56. The zero-order chi connectivity index (χ0) is 10.8. The molecule has 1 aliphatic rings. The summed E-state index contributed by atoms with van der Waals surface area (Å²) < 4.78 is 0. The molecule has 0 unspecified atom stereocenters. The number of carbonyl (C=O) groups is 1. The lowest BCUT2D eigenvalue weighted by Crippen LogP contribution is -2.02. The van der Waals surface area contributed by atoms with Crippen molar-refractivity contribution in [3.8, 4) is 5.75 Å². The van der Waals surface area contributed by atoms with Crippen molar-refractivity contribution in [2.75, 3.05) is 0 Å². The van der Waals surface area contributed by atoms with E-state index in [2.05, 4.69) is 0 Å². The van der Waals surface area contributed by atoms with Gasteiger partial charge in [-0.2, -0.15) is 0 Å². The van der Waals surface area contributed by atoms with Gasteiger partial charge >= 0.3 is 0 Å². The predicted octanol–water partition coefficient (Wildman–Crippen LogP) is 2.69. The van der Waals surface area contributed by atoms with Crippen LogP contribution in [-0.4, -0.2) is 10.9 Å². The van der Waals surface area contributed by atoms with Crippen molar-refractivity contribution < 1.29 is 9.90 Å². The van der Waals surface area contributed by atoms with E-state index >= 15 is 0 Å². The van der Waals surface area contributed by atoms with Gasteiger partial charge in [-0.25, -0.2) is 0 Å². The summed E-state index contributed by atoms with van der Waals surface area (Å²) in [5.74, 6) is 0.373. The molecule has 15 heavy (non-hydrogen) atoms. The summed E-state index contributed by atoms with van der Waals surface area (Å²) in [5, 5.41) is 9.18. The molecule has 0 bridgehead atoms. The van der Waals surface area contributed by atoms with Gasteiger partial charge in [0.15, 0.2) is 5.78 Å². The van der Waals surface area contributed by atoms with Crippen LogP contribution in [0.3, 0.4) is 0 Å². The van der Waals surface area contributed by atoms with E-state index < -0.39 is 0 Å². The normalized spacial score (nSPS) is 15.9. The molecule has 0 aromatic heterocycles. The number of hydrogen-bond donors (Lipinski definition) is 1. The van der Waals surface area contributed by atoms with E-state index in [0.29, 0.717) is 6.42 Å². The molecule has 0 spiro atoms. The molecule has 0 atom stereocenters. The van der Waals surface area contributed by atoms with E-state index in [1.807, 2.05) is 25.1 Å². The fourth-order valence-corrected chi connectivity index (χ4v) is 1.68. The summed E-state index contributed by atoms with van der Waals surface area (Å²) >= 11 is 0. The molecule has 0 saturated heterocycles. The second kappa shape index (κ2) is 3.73. The van der Waals surface area contributed by atoms with Gasteiger partial charge < -0.3 is 5.11 Å². The fourth-order valence-electron chi connectivity index (χ4n) is 1.68. The summed E-state index contributed by atoms with van der Waals surface area (Å²) in [6, 6.07) is 6.94. The molecular formula is C13H12O2. The molecule has 0 amide bonds. The molecule has 2 rings (SSSR count). The zero-order valence-electron chi connectivity index (χ0n) is 8.53. The number of allylic oxidation sites excluding steroid dienone is 4. The quantitative estimate of drug-likeness (QED) is 0.756. The Bertz CT molecular complexity index is 450. The highest BCUT2D eigenvalue weighted by Gasteiger charge is 2.12. The van der Waals surface area contributed by atoms with E-state index in [9.17, 15) is 9.90 Å². The van der Waals surface area contributed by atoms with Crippen LogP contribution in [0.5, 0.6) is 5.75 Å². The Balaban J connectivity index is 2.42. The third-order valence-electron chi connectivity index (χ3n) is 2.56.